The van der Waals surface area contributed by atoms with E-state index >= 15 is 0 Å². The average molecular weight is 585 g/mol. The first kappa shape index (κ1) is 26.8. The monoisotopic (exact) mass is 584 g/mol. The van der Waals surface area contributed by atoms with Gasteiger partial charge in [-0.1, -0.05) is 0 Å². The van der Waals surface area contributed by atoms with Crippen LogP contribution in [0.1, 0.15) is 77.6 Å². The molecule has 8 rings (SSSR count). The van der Waals surface area contributed by atoms with E-state index in [1.54, 1.807) is 36.2 Å². The van der Waals surface area contributed by atoms with Crippen LogP contribution in [0.25, 0.3) is 22.6 Å². The molecule has 0 radical (unpaired) electrons. The van der Waals surface area contributed by atoms with Crippen LogP contribution in [0.2, 0.25) is 0 Å². The lowest BCUT2D eigenvalue weighted by Gasteiger charge is -2.43. The molecule has 2 amide bonds. The zero-order valence-corrected chi connectivity index (χ0v) is 24.6. The highest BCUT2D eigenvalue weighted by atomic mass is 32.2. The molecular weight excluding hydrogens is 552 g/mol. The fourth-order valence-corrected chi connectivity index (χ4v) is 8.20. The average Bonchev–Trinajstić information content (AvgIpc) is 3.33. The fourth-order valence-electron chi connectivity index (χ4n) is 7.26. The van der Waals surface area contributed by atoms with E-state index in [9.17, 15) is 23.3 Å². The van der Waals surface area contributed by atoms with Crippen molar-refractivity contribution in [1.82, 2.24) is 25.2 Å². The van der Waals surface area contributed by atoms with Crippen molar-refractivity contribution in [2.75, 3.05) is 6.26 Å². The summed E-state index contributed by atoms with van der Waals surface area (Å²) in [5.41, 5.74) is 3.15. The Kier molecular flexibility index (Phi) is 5.74. The quantitative estimate of drug-likeness (QED) is 0.423. The number of sulfone groups is 1. The first-order valence-corrected chi connectivity index (χ1v) is 16.3. The molecule has 4 fully saturated rings. The molecule has 0 unspecified atom stereocenters. The smallest absolute Gasteiger partial charge is 0.272 e. The Morgan fingerprint density at radius 1 is 1.21 bits per heavy atom. The number of hydrogen-bond donors (Lipinski definition) is 2. The number of rotatable bonds is 7. The lowest BCUT2D eigenvalue weighted by Crippen LogP contribution is -2.55. The summed E-state index contributed by atoms with van der Waals surface area (Å²) in [6.45, 7) is 4.20. The molecule has 0 saturated heterocycles. The number of aryl methyl sites for hydroxylation is 1. The van der Waals surface area contributed by atoms with Crippen LogP contribution in [0.5, 0.6) is 0 Å². The summed E-state index contributed by atoms with van der Waals surface area (Å²) in [6, 6.07) is 9.53. The molecule has 11 heteroatoms. The van der Waals surface area contributed by atoms with Gasteiger partial charge in [-0.2, -0.15) is 5.26 Å². The number of carbonyl (C=O) groups excluding carboxylic acids is 2. The Hall–Kier alpha value is -4.04. The molecule has 3 heterocycles. The molecule has 1 atom stereocenters. The Labute approximate surface area is 244 Å². The molecule has 2 N–H and O–H groups in total. The predicted octanol–water partition coefficient (Wildman–Crippen LogP) is 4.17. The lowest BCUT2D eigenvalue weighted by atomic mass is 9.66. The maximum absolute atomic E-state index is 13.4. The zero-order chi connectivity index (χ0) is 29.6. The first-order valence-electron chi connectivity index (χ1n) is 14.4. The molecule has 42 heavy (non-hydrogen) atoms. The minimum Gasteiger partial charge on any atom is -0.345 e. The summed E-state index contributed by atoms with van der Waals surface area (Å²) >= 11 is 0. The summed E-state index contributed by atoms with van der Waals surface area (Å²) in [4.78, 5) is 40.6. The van der Waals surface area contributed by atoms with E-state index in [1.807, 2.05) is 13.0 Å². The summed E-state index contributed by atoms with van der Waals surface area (Å²) in [7, 11) is -3.68. The van der Waals surface area contributed by atoms with Gasteiger partial charge in [0.25, 0.3) is 11.8 Å². The highest BCUT2D eigenvalue weighted by molar-refractivity contribution is 7.90. The molecule has 216 valence electrons. The van der Waals surface area contributed by atoms with E-state index in [0.29, 0.717) is 53.6 Å². The number of imidazole rings is 1. The van der Waals surface area contributed by atoms with E-state index < -0.39 is 9.84 Å². The number of nitrogens with one attached hydrogen (secondary N) is 2. The van der Waals surface area contributed by atoms with Crippen LogP contribution in [-0.4, -0.2) is 57.9 Å². The van der Waals surface area contributed by atoms with E-state index in [0.717, 1.165) is 37.5 Å². The minimum atomic E-state index is -3.68. The third-order valence-corrected chi connectivity index (χ3v) is 10.8. The largest absolute Gasteiger partial charge is 0.345 e. The summed E-state index contributed by atoms with van der Waals surface area (Å²) in [6.07, 6.45) is 7.90. The normalized spacial score (nSPS) is 25.1. The van der Waals surface area contributed by atoms with Crippen molar-refractivity contribution in [2.24, 2.45) is 11.3 Å². The maximum atomic E-state index is 13.4. The van der Waals surface area contributed by atoms with E-state index in [-0.39, 0.29) is 45.0 Å². The van der Waals surface area contributed by atoms with Gasteiger partial charge in [-0.15, -0.1) is 0 Å². The second-order valence-electron chi connectivity index (χ2n) is 12.8. The second-order valence-corrected chi connectivity index (χ2v) is 14.7. The number of nitrogens with zero attached hydrogens (tertiary/aromatic N) is 4. The maximum Gasteiger partial charge on any atom is 0.272 e. The van der Waals surface area contributed by atoms with Gasteiger partial charge in [0.1, 0.15) is 11.4 Å². The van der Waals surface area contributed by atoms with Crippen molar-refractivity contribution in [2.45, 2.75) is 75.4 Å². The van der Waals surface area contributed by atoms with Gasteiger partial charge in [-0.25, -0.2) is 13.4 Å². The van der Waals surface area contributed by atoms with Crippen molar-refractivity contribution in [3.05, 3.63) is 53.0 Å². The molecule has 3 aromatic rings. The minimum absolute atomic E-state index is 0.0411. The second kappa shape index (κ2) is 8.98. The van der Waals surface area contributed by atoms with Crippen LogP contribution in [0.15, 0.2) is 35.4 Å². The number of aromatic amines is 1. The Morgan fingerprint density at radius 2 is 1.98 bits per heavy atom. The van der Waals surface area contributed by atoms with Crippen molar-refractivity contribution in [3.63, 3.8) is 0 Å². The number of pyridine rings is 1. The topological polar surface area (TPSA) is 149 Å². The van der Waals surface area contributed by atoms with Gasteiger partial charge in [0.2, 0.25) is 0 Å². The number of amides is 2. The summed E-state index contributed by atoms with van der Waals surface area (Å²) < 4.78 is 25.7. The number of aromatic nitrogens is 3. The fraction of sp³-hybridized carbons (Fsp3) is 0.452. The molecule has 4 saturated carbocycles. The number of fused-ring (bicyclic) bond motifs is 2. The summed E-state index contributed by atoms with van der Waals surface area (Å²) in [5.74, 6) is 0.396. The number of hydrogen-bond acceptors (Lipinski definition) is 7. The molecule has 4 aliphatic carbocycles. The van der Waals surface area contributed by atoms with Crippen LogP contribution in [0.3, 0.4) is 0 Å². The van der Waals surface area contributed by atoms with E-state index in [4.69, 9.17) is 0 Å². The number of carbonyl (C=O) groups is 2. The van der Waals surface area contributed by atoms with Crippen molar-refractivity contribution < 1.29 is 18.0 Å². The molecule has 0 spiro atoms. The highest BCUT2D eigenvalue weighted by Gasteiger charge is 2.62. The van der Waals surface area contributed by atoms with Crippen LogP contribution in [0.4, 0.5) is 0 Å². The van der Waals surface area contributed by atoms with Crippen LogP contribution >= 0.6 is 0 Å². The Balaban J connectivity index is 1.19. The first-order chi connectivity index (χ1) is 19.9. The van der Waals surface area contributed by atoms with Crippen LogP contribution in [0, 0.1) is 29.6 Å². The number of H-pyrrole nitrogens is 1. The molecule has 2 bridgehead atoms. The molecular formula is C31H32N6O4S. The van der Waals surface area contributed by atoms with E-state index in [1.165, 1.54) is 0 Å². The highest BCUT2D eigenvalue weighted by Crippen LogP contribution is 2.61. The summed E-state index contributed by atoms with van der Waals surface area (Å²) in [5, 5.41) is 12.6. The number of benzene rings is 1. The molecule has 5 aliphatic rings. The Bertz CT molecular complexity index is 1830. The van der Waals surface area contributed by atoms with Crippen LogP contribution < -0.4 is 5.32 Å². The van der Waals surface area contributed by atoms with Gasteiger partial charge >= 0.3 is 0 Å². The standard InChI is InChI=1S/C31H32N6O4S/c1-17-26(28(38)36-31-8-7-30(14-31,15-31)16-32)35-27(34-17)23-11-20(6-9-33-23)21-10-22-13-37(18(2)19-4-5-19)29(39)25(22)24(12-21)42(3,40)41/h6,9-12,18-19H,4-5,7-8,13-15H2,1-3H3,(H,34,35)(H,36,38)/t18-,30?,31?/m0/s1. The van der Waals surface area contributed by atoms with Crippen molar-refractivity contribution in [1.29, 1.82) is 5.26 Å². The van der Waals surface area contributed by atoms with Gasteiger partial charge in [0, 0.05) is 36.3 Å². The van der Waals surface area contributed by atoms with Crippen LogP contribution in [-0.2, 0) is 16.4 Å². The van der Waals surface area contributed by atoms with Gasteiger partial charge in [0.15, 0.2) is 15.7 Å². The third-order valence-electron chi connectivity index (χ3n) is 9.68. The van der Waals surface area contributed by atoms with Gasteiger partial charge in [-0.3, -0.25) is 14.6 Å². The lowest BCUT2D eigenvalue weighted by molar-refractivity contribution is 0.0694. The van der Waals surface area contributed by atoms with Gasteiger partial charge in [0.05, 0.1) is 21.9 Å². The molecule has 10 nitrogen and oxygen atoms in total. The van der Waals surface area contributed by atoms with Gasteiger partial charge < -0.3 is 15.2 Å². The molecule has 1 aromatic carbocycles. The Morgan fingerprint density at radius 3 is 2.64 bits per heavy atom. The zero-order valence-electron chi connectivity index (χ0n) is 23.8. The van der Waals surface area contributed by atoms with E-state index in [2.05, 4.69) is 26.3 Å². The van der Waals surface area contributed by atoms with Gasteiger partial charge in [-0.05, 0) is 99.2 Å². The van der Waals surface area contributed by atoms with Crippen molar-refractivity contribution >= 4 is 21.7 Å². The molecule has 1 aliphatic heterocycles. The SMILES string of the molecule is Cc1[nH]c(-c2cc(-c3cc4c(c(S(C)(=O)=O)c3)C(=O)N([C@@H](C)C3CC3)C4)ccn2)nc1C(=O)NC12CCC(C#N)(C1)C2. The molecule has 2 aromatic heterocycles. The third kappa shape index (κ3) is 4.23. The predicted molar refractivity (Wildman–Crippen MR) is 154 cm³/mol. The number of nitriles is 1. The van der Waals surface area contributed by atoms with Crippen molar-refractivity contribution in [3.8, 4) is 28.7 Å².